The molecule has 1 aromatic heterocycles. The number of benzene rings is 1. The van der Waals surface area contributed by atoms with Gasteiger partial charge in [-0.25, -0.2) is 4.79 Å². The van der Waals surface area contributed by atoms with Crippen molar-refractivity contribution in [1.82, 2.24) is 5.32 Å². The molecule has 21 heavy (non-hydrogen) atoms. The van der Waals surface area contributed by atoms with Crippen molar-refractivity contribution >= 4 is 5.97 Å². The van der Waals surface area contributed by atoms with E-state index in [2.05, 4.69) is 43.4 Å². The standard InChI is InChI=1S/C17H21NO3/c1-11-6-5-7-14(8-11)12(2)18-10-15-9-16(13(3)21-15)17(19)20-4/h5-9,12,18H,10H2,1-4H3/t12-/m0/s1. The molecule has 2 aromatic rings. The van der Waals surface area contributed by atoms with Crippen LogP contribution in [0.4, 0.5) is 0 Å². The first kappa shape index (κ1) is 15.3. The van der Waals surface area contributed by atoms with Gasteiger partial charge in [-0.3, -0.25) is 0 Å². The molecule has 112 valence electrons. The molecule has 0 aliphatic rings. The van der Waals surface area contributed by atoms with Crippen LogP contribution in [0, 0.1) is 13.8 Å². The Morgan fingerprint density at radius 1 is 1.33 bits per heavy atom. The normalized spacial score (nSPS) is 12.2. The van der Waals surface area contributed by atoms with Gasteiger partial charge in [0.25, 0.3) is 0 Å². The first-order chi connectivity index (χ1) is 10.0. The summed E-state index contributed by atoms with van der Waals surface area (Å²) in [6, 6.07) is 10.3. The molecule has 2 rings (SSSR count). The number of furan rings is 1. The number of nitrogens with one attached hydrogen (secondary N) is 1. The van der Waals surface area contributed by atoms with Gasteiger partial charge in [-0.15, -0.1) is 0 Å². The van der Waals surface area contributed by atoms with E-state index in [0.29, 0.717) is 17.9 Å². The minimum absolute atomic E-state index is 0.205. The largest absolute Gasteiger partial charge is 0.465 e. The van der Waals surface area contributed by atoms with Gasteiger partial charge in [0, 0.05) is 6.04 Å². The van der Waals surface area contributed by atoms with Crippen molar-refractivity contribution < 1.29 is 13.9 Å². The fraction of sp³-hybridized carbons (Fsp3) is 0.353. The SMILES string of the molecule is COC(=O)c1cc(CN[C@@H](C)c2cccc(C)c2)oc1C. The lowest BCUT2D eigenvalue weighted by Gasteiger charge is -2.13. The van der Waals surface area contributed by atoms with Gasteiger partial charge < -0.3 is 14.5 Å². The maximum Gasteiger partial charge on any atom is 0.341 e. The zero-order valence-corrected chi connectivity index (χ0v) is 12.9. The summed E-state index contributed by atoms with van der Waals surface area (Å²) in [5, 5.41) is 3.39. The Kier molecular flexibility index (Phi) is 4.81. The third-order valence-electron chi connectivity index (χ3n) is 3.50. The highest BCUT2D eigenvalue weighted by Gasteiger charge is 2.15. The Morgan fingerprint density at radius 2 is 2.10 bits per heavy atom. The molecule has 0 radical (unpaired) electrons. The van der Waals surface area contributed by atoms with Crippen molar-refractivity contribution in [2.75, 3.05) is 7.11 Å². The Labute approximate surface area is 125 Å². The first-order valence-corrected chi connectivity index (χ1v) is 6.99. The summed E-state index contributed by atoms with van der Waals surface area (Å²) in [6.45, 7) is 6.51. The molecule has 0 aliphatic heterocycles. The number of ether oxygens (including phenoxy) is 1. The highest BCUT2D eigenvalue weighted by molar-refractivity contribution is 5.90. The maximum atomic E-state index is 11.5. The van der Waals surface area contributed by atoms with E-state index in [1.165, 1.54) is 18.2 Å². The van der Waals surface area contributed by atoms with E-state index in [4.69, 9.17) is 9.15 Å². The van der Waals surface area contributed by atoms with E-state index in [9.17, 15) is 4.79 Å². The number of carbonyl (C=O) groups excluding carboxylic acids is 1. The quantitative estimate of drug-likeness (QED) is 0.855. The van der Waals surface area contributed by atoms with Gasteiger partial charge in [0.1, 0.15) is 17.1 Å². The average Bonchev–Trinajstić information content (AvgIpc) is 2.85. The molecular weight excluding hydrogens is 266 g/mol. The number of methoxy groups -OCH3 is 1. The van der Waals surface area contributed by atoms with E-state index in [0.717, 1.165) is 5.76 Å². The maximum absolute atomic E-state index is 11.5. The molecule has 1 atom stereocenters. The van der Waals surface area contributed by atoms with Crippen LogP contribution >= 0.6 is 0 Å². The zero-order chi connectivity index (χ0) is 15.4. The van der Waals surface area contributed by atoms with Crippen LogP contribution in [-0.4, -0.2) is 13.1 Å². The van der Waals surface area contributed by atoms with Gasteiger partial charge in [-0.2, -0.15) is 0 Å². The van der Waals surface area contributed by atoms with Crippen molar-refractivity contribution in [2.24, 2.45) is 0 Å². The van der Waals surface area contributed by atoms with Crippen LogP contribution < -0.4 is 5.32 Å². The van der Waals surface area contributed by atoms with Crippen LogP contribution in [0.25, 0.3) is 0 Å². The van der Waals surface area contributed by atoms with E-state index in [-0.39, 0.29) is 12.0 Å². The van der Waals surface area contributed by atoms with E-state index in [1.54, 1.807) is 13.0 Å². The molecule has 0 amide bonds. The number of hydrogen-bond acceptors (Lipinski definition) is 4. The molecule has 1 heterocycles. The van der Waals surface area contributed by atoms with Crippen LogP contribution in [0.3, 0.4) is 0 Å². The van der Waals surface area contributed by atoms with Gasteiger partial charge in [0.05, 0.1) is 13.7 Å². The van der Waals surface area contributed by atoms with Crippen molar-refractivity contribution in [3.8, 4) is 0 Å². The highest BCUT2D eigenvalue weighted by atomic mass is 16.5. The second-order valence-electron chi connectivity index (χ2n) is 5.19. The second kappa shape index (κ2) is 6.59. The molecule has 0 fully saturated rings. The summed E-state index contributed by atoms with van der Waals surface area (Å²) in [7, 11) is 1.37. The van der Waals surface area contributed by atoms with Crippen LogP contribution in [-0.2, 0) is 11.3 Å². The monoisotopic (exact) mass is 287 g/mol. The molecule has 4 nitrogen and oxygen atoms in total. The number of rotatable bonds is 5. The van der Waals surface area contributed by atoms with Crippen LogP contribution in [0.1, 0.15) is 46.0 Å². The number of carbonyl (C=O) groups is 1. The van der Waals surface area contributed by atoms with Gasteiger partial charge in [-0.05, 0) is 32.4 Å². The predicted molar refractivity (Wildman–Crippen MR) is 81.2 cm³/mol. The minimum Gasteiger partial charge on any atom is -0.465 e. The summed E-state index contributed by atoms with van der Waals surface area (Å²) in [6.07, 6.45) is 0. The Bertz CT molecular complexity index is 631. The Hall–Kier alpha value is -2.07. The summed E-state index contributed by atoms with van der Waals surface area (Å²) >= 11 is 0. The molecule has 0 unspecified atom stereocenters. The Balaban J connectivity index is 2.01. The fourth-order valence-electron chi connectivity index (χ4n) is 2.25. The smallest absolute Gasteiger partial charge is 0.341 e. The van der Waals surface area contributed by atoms with Crippen molar-refractivity contribution in [3.63, 3.8) is 0 Å². The van der Waals surface area contributed by atoms with Gasteiger partial charge in [0.15, 0.2) is 0 Å². The van der Waals surface area contributed by atoms with Crippen LogP contribution in [0.5, 0.6) is 0 Å². The molecule has 0 aliphatic carbocycles. The average molecular weight is 287 g/mol. The van der Waals surface area contributed by atoms with Crippen LogP contribution in [0.15, 0.2) is 34.7 Å². The number of aryl methyl sites for hydroxylation is 2. The number of hydrogen-bond donors (Lipinski definition) is 1. The summed E-state index contributed by atoms with van der Waals surface area (Å²) in [4.78, 5) is 11.5. The molecule has 0 bridgehead atoms. The lowest BCUT2D eigenvalue weighted by Crippen LogP contribution is -2.17. The van der Waals surface area contributed by atoms with Gasteiger partial charge in [-0.1, -0.05) is 29.8 Å². The van der Waals surface area contributed by atoms with Crippen molar-refractivity contribution in [2.45, 2.75) is 33.4 Å². The van der Waals surface area contributed by atoms with Crippen LogP contribution in [0.2, 0.25) is 0 Å². The molecule has 0 spiro atoms. The molecule has 4 heteroatoms. The number of esters is 1. The zero-order valence-electron chi connectivity index (χ0n) is 12.9. The summed E-state index contributed by atoms with van der Waals surface area (Å²) < 4.78 is 10.3. The molecular formula is C17H21NO3. The highest BCUT2D eigenvalue weighted by Crippen LogP contribution is 2.18. The topological polar surface area (TPSA) is 51.5 Å². The van der Waals surface area contributed by atoms with Gasteiger partial charge in [0.2, 0.25) is 0 Å². The lowest BCUT2D eigenvalue weighted by molar-refractivity contribution is 0.0599. The first-order valence-electron chi connectivity index (χ1n) is 6.99. The van der Waals surface area contributed by atoms with E-state index < -0.39 is 0 Å². The third kappa shape index (κ3) is 3.73. The summed E-state index contributed by atoms with van der Waals surface area (Å²) in [5.74, 6) is 0.948. The fourth-order valence-corrected chi connectivity index (χ4v) is 2.25. The molecule has 1 N–H and O–H groups in total. The molecule has 1 aromatic carbocycles. The van der Waals surface area contributed by atoms with E-state index >= 15 is 0 Å². The van der Waals surface area contributed by atoms with Crippen molar-refractivity contribution in [3.05, 3.63) is 58.5 Å². The lowest BCUT2D eigenvalue weighted by atomic mass is 10.1. The van der Waals surface area contributed by atoms with Gasteiger partial charge >= 0.3 is 5.97 Å². The second-order valence-corrected chi connectivity index (χ2v) is 5.19. The van der Waals surface area contributed by atoms with E-state index in [1.807, 2.05) is 0 Å². The third-order valence-corrected chi connectivity index (χ3v) is 3.50. The molecule has 0 saturated carbocycles. The summed E-state index contributed by atoms with van der Waals surface area (Å²) in [5.41, 5.74) is 2.95. The Morgan fingerprint density at radius 3 is 2.76 bits per heavy atom. The molecule has 0 saturated heterocycles. The van der Waals surface area contributed by atoms with Crippen molar-refractivity contribution in [1.29, 1.82) is 0 Å². The minimum atomic E-state index is -0.366. The predicted octanol–water partition coefficient (Wildman–Crippen LogP) is 3.53.